The van der Waals surface area contributed by atoms with Gasteiger partial charge in [-0.1, -0.05) is 92.7 Å². The lowest BCUT2D eigenvalue weighted by Gasteiger charge is -2.39. The first kappa shape index (κ1) is 29.3. The number of nitrogens with one attached hydrogen (secondary N) is 2. The molecular weight excluding hydrogens is 530 g/mol. The molecule has 2 aliphatic rings. The molecule has 5 rings (SSSR count). The van der Waals surface area contributed by atoms with Crippen LogP contribution in [0, 0.1) is 5.92 Å². The zero-order valence-electron chi connectivity index (χ0n) is 24.2. The van der Waals surface area contributed by atoms with Gasteiger partial charge in [0.25, 0.3) is 0 Å². The minimum Gasteiger partial charge on any atom is -0.480 e. The lowest BCUT2D eigenvalue weighted by Crippen LogP contribution is -2.60. The number of nitrogens with zero attached hydrogens (tertiary/aromatic N) is 1. The minimum atomic E-state index is -1.32. The number of carbonyl (C=O) groups excluding carboxylic acids is 2. The molecule has 0 bridgehead atoms. The first-order valence-corrected chi connectivity index (χ1v) is 14.7. The quantitative estimate of drug-likeness (QED) is 0.311. The van der Waals surface area contributed by atoms with E-state index in [-0.39, 0.29) is 24.9 Å². The average Bonchev–Trinajstić information content (AvgIpc) is 3.31. The van der Waals surface area contributed by atoms with E-state index in [0.717, 1.165) is 28.8 Å². The first-order valence-electron chi connectivity index (χ1n) is 14.7. The number of fused-ring (bicyclic) bond motifs is 3. The maximum atomic E-state index is 13.2. The van der Waals surface area contributed by atoms with Crippen LogP contribution in [0.4, 0.5) is 4.79 Å². The molecule has 1 atom stereocenters. The van der Waals surface area contributed by atoms with Crippen LogP contribution in [0.2, 0.25) is 0 Å². The second-order valence-corrected chi connectivity index (χ2v) is 11.7. The smallest absolute Gasteiger partial charge is 0.407 e. The summed E-state index contributed by atoms with van der Waals surface area (Å²) >= 11 is 0. The van der Waals surface area contributed by atoms with E-state index >= 15 is 0 Å². The highest BCUT2D eigenvalue weighted by Gasteiger charge is 2.43. The van der Waals surface area contributed by atoms with Crippen LogP contribution in [0.25, 0.3) is 11.1 Å². The summed E-state index contributed by atoms with van der Waals surface area (Å²) < 4.78 is 5.69. The molecule has 1 aliphatic heterocycles. The summed E-state index contributed by atoms with van der Waals surface area (Å²) in [6.07, 6.45) is -0.00407. The number of alkyl carbamates (subject to hydrolysis) is 1. The minimum absolute atomic E-state index is 0.0371. The van der Waals surface area contributed by atoms with Crippen molar-refractivity contribution in [3.05, 3.63) is 95.6 Å². The molecule has 1 heterocycles. The Balaban J connectivity index is 1.15. The fourth-order valence-electron chi connectivity index (χ4n) is 6.09. The van der Waals surface area contributed by atoms with Gasteiger partial charge in [0, 0.05) is 38.0 Å². The second kappa shape index (κ2) is 12.8. The zero-order valence-corrected chi connectivity index (χ0v) is 24.2. The Morgan fingerprint density at radius 3 is 2.05 bits per heavy atom. The summed E-state index contributed by atoms with van der Waals surface area (Å²) in [6.45, 7) is 5.87. The van der Waals surface area contributed by atoms with E-state index in [9.17, 15) is 19.5 Å². The number of rotatable bonds is 10. The number of hydrogen-bond acceptors (Lipinski definition) is 5. The van der Waals surface area contributed by atoms with Crippen molar-refractivity contribution in [2.24, 2.45) is 5.92 Å². The molecule has 0 radical (unpaired) electrons. The van der Waals surface area contributed by atoms with Crippen LogP contribution in [0.5, 0.6) is 0 Å². The largest absolute Gasteiger partial charge is 0.480 e. The summed E-state index contributed by atoms with van der Waals surface area (Å²) in [5.41, 5.74) is 4.40. The highest BCUT2D eigenvalue weighted by atomic mass is 16.5. The van der Waals surface area contributed by atoms with Gasteiger partial charge in [0.1, 0.15) is 12.1 Å². The Kier molecular flexibility index (Phi) is 8.92. The lowest BCUT2D eigenvalue weighted by atomic mass is 9.86. The molecule has 8 heteroatoms. The van der Waals surface area contributed by atoms with Crippen LogP contribution in [0.3, 0.4) is 0 Å². The van der Waals surface area contributed by atoms with Crippen molar-refractivity contribution in [2.75, 3.05) is 19.7 Å². The zero-order chi connectivity index (χ0) is 29.7. The van der Waals surface area contributed by atoms with Crippen LogP contribution in [0.15, 0.2) is 78.9 Å². The average molecular weight is 570 g/mol. The maximum Gasteiger partial charge on any atom is 0.407 e. The van der Waals surface area contributed by atoms with E-state index < -0.39 is 29.6 Å². The number of carbonyl (C=O) groups is 3. The summed E-state index contributed by atoms with van der Waals surface area (Å²) in [4.78, 5) is 40.6. The maximum absolute atomic E-state index is 13.2. The van der Waals surface area contributed by atoms with Crippen LogP contribution >= 0.6 is 0 Å². The van der Waals surface area contributed by atoms with Crippen molar-refractivity contribution < 1.29 is 24.2 Å². The third-order valence-corrected chi connectivity index (χ3v) is 8.60. The van der Waals surface area contributed by atoms with Crippen molar-refractivity contribution in [1.29, 1.82) is 0 Å². The predicted molar refractivity (Wildman–Crippen MR) is 161 cm³/mol. The molecule has 2 amide bonds. The molecule has 8 nitrogen and oxygen atoms in total. The number of hydrogen-bond donors (Lipinski definition) is 3. The molecule has 0 aromatic heterocycles. The van der Waals surface area contributed by atoms with Gasteiger partial charge in [0.05, 0.1) is 0 Å². The van der Waals surface area contributed by atoms with Crippen molar-refractivity contribution >= 4 is 18.0 Å². The van der Waals surface area contributed by atoms with Gasteiger partial charge in [-0.15, -0.1) is 0 Å². The van der Waals surface area contributed by atoms with Crippen molar-refractivity contribution in [3.8, 4) is 11.1 Å². The molecule has 3 aromatic rings. The summed E-state index contributed by atoms with van der Waals surface area (Å²) in [7, 11) is 0. The van der Waals surface area contributed by atoms with Gasteiger partial charge >= 0.3 is 12.1 Å². The van der Waals surface area contributed by atoms with E-state index in [1.54, 1.807) is 0 Å². The molecule has 42 heavy (non-hydrogen) atoms. The molecule has 0 unspecified atom stereocenters. The van der Waals surface area contributed by atoms with Gasteiger partial charge in [0.15, 0.2) is 0 Å². The molecule has 3 aromatic carbocycles. The van der Waals surface area contributed by atoms with E-state index in [1.807, 2.05) is 56.3 Å². The van der Waals surface area contributed by atoms with Crippen molar-refractivity contribution in [2.45, 2.75) is 57.2 Å². The number of carboxylic acids is 1. The third kappa shape index (κ3) is 6.49. The van der Waals surface area contributed by atoms with Gasteiger partial charge in [-0.05, 0) is 46.6 Å². The van der Waals surface area contributed by atoms with E-state index in [1.165, 1.54) is 5.56 Å². The Bertz CT molecular complexity index is 1370. The molecule has 0 saturated carbocycles. The molecule has 3 N–H and O–H groups in total. The number of likely N-dealkylation sites (tertiary alicyclic amines) is 1. The Labute approximate surface area is 247 Å². The SMILES string of the molecule is CC(C)[C@H](CC(=O)NC1(C(=O)O)CCN(Cc2ccccc2)CC1)NC(=O)OCC1c2ccccc2-c2ccccc21. The Morgan fingerprint density at radius 2 is 1.48 bits per heavy atom. The van der Waals surface area contributed by atoms with Gasteiger partial charge in [-0.3, -0.25) is 9.69 Å². The Hall–Kier alpha value is -4.17. The summed E-state index contributed by atoms with van der Waals surface area (Å²) in [5, 5.41) is 15.8. The monoisotopic (exact) mass is 569 g/mol. The number of benzene rings is 3. The lowest BCUT2D eigenvalue weighted by molar-refractivity contribution is -0.150. The number of carboxylic acid groups (broad SMARTS) is 1. The van der Waals surface area contributed by atoms with E-state index in [4.69, 9.17) is 4.74 Å². The van der Waals surface area contributed by atoms with Crippen molar-refractivity contribution in [1.82, 2.24) is 15.5 Å². The molecule has 1 fully saturated rings. The number of aliphatic carboxylic acids is 1. The standard InChI is InChI=1S/C34H39N3O5/c1-23(2)30(35-33(41)42-22-29-27-14-8-6-12-25(27)26-13-7-9-15-28(26)29)20-31(38)36-34(32(39)40)16-18-37(19-17-34)21-24-10-4-3-5-11-24/h3-15,23,29-30H,16-22H2,1-2H3,(H,35,41)(H,36,38)(H,39,40)/t30-/m0/s1. The van der Waals surface area contributed by atoms with Gasteiger partial charge < -0.3 is 20.5 Å². The molecule has 220 valence electrons. The van der Waals surface area contributed by atoms with Gasteiger partial charge in [-0.25, -0.2) is 9.59 Å². The fraction of sp³-hybridized carbons (Fsp3) is 0.382. The van der Waals surface area contributed by atoms with Crippen LogP contribution in [-0.2, 0) is 20.9 Å². The molecule has 1 aliphatic carbocycles. The summed E-state index contributed by atoms with van der Waals surface area (Å²) in [5.74, 6) is -1.55. The molecule has 0 spiro atoms. The van der Waals surface area contributed by atoms with Gasteiger partial charge in [0.2, 0.25) is 5.91 Å². The highest BCUT2D eigenvalue weighted by Crippen LogP contribution is 2.44. The third-order valence-electron chi connectivity index (χ3n) is 8.60. The van der Waals surface area contributed by atoms with Crippen LogP contribution in [0.1, 0.15) is 55.7 Å². The fourth-order valence-corrected chi connectivity index (χ4v) is 6.09. The topological polar surface area (TPSA) is 108 Å². The Morgan fingerprint density at radius 1 is 0.905 bits per heavy atom. The van der Waals surface area contributed by atoms with Crippen LogP contribution < -0.4 is 10.6 Å². The van der Waals surface area contributed by atoms with E-state index in [0.29, 0.717) is 25.9 Å². The van der Waals surface area contributed by atoms with Gasteiger partial charge in [-0.2, -0.15) is 0 Å². The number of amides is 2. The molecule has 1 saturated heterocycles. The summed E-state index contributed by atoms with van der Waals surface area (Å²) in [6, 6.07) is 25.8. The molecular formula is C34H39N3O5. The normalized spacial score (nSPS) is 16.7. The van der Waals surface area contributed by atoms with E-state index in [2.05, 4.69) is 51.9 Å². The number of piperidine rings is 1. The predicted octanol–water partition coefficient (Wildman–Crippen LogP) is 5.18. The van der Waals surface area contributed by atoms with Crippen molar-refractivity contribution in [3.63, 3.8) is 0 Å². The highest BCUT2D eigenvalue weighted by molar-refractivity contribution is 5.87. The van der Waals surface area contributed by atoms with Crippen LogP contribution in [-0.4, -0.2) is 59.3 Å². The number of ether oxygens (including phenoxy) is 1. The first-order chi connectivity index (χ1) is 20.3. The second-order valence-electron chi connectivity index (χ2n) is 11.7.